The van der Waals surface area contributed by atoms with E-state index in [1.54, 1.807) is 42.5 Å². The molecule has 0 aromatic heterocycles. The summed E-state index contributed by atoms with van der Waals surface area (Å²) in [4.78, 5) is 24.5. The quantitative estimate of drug-likeness (QED) is 0.533. The molecular weight excluding hydrogens is 396 g/mol. The van der Waals surface area contributed by atoms with E-state index < -0.39 is 0 Å². The number of thioether (sulfide) groups is 1. The van der Waals surface area contributed by atoms with E-state index in [9.17, 15) is 9.59 Å². The molecule has 0 radical (unpaired) electrons. The Balaban J connectivity index is 1.61. The predicted octanol–water partition coefficient (Wildman–Crippen LogP) is 3.59. The molecule has 1 saturated heterocycles. The van der Waals surface area contributed by atoms with Crippen LogP contribution in [-0.4, -0.2) is 29.3 Å². The highest BCUT2D eigenvalue weighted by atomic mass is 32.2. The molecule has 2 N–H and O–H groups in total. The van der Waals surface area contributed by atoms with Crippen molar-refractivity contribution in [2.45, 2.75) is 6.92 Å². The Bertz CT molecular complexity index is 926. The van der Waals surface area contributed by atoms with Crippen LogP contribution in [0, 0.1) is 0 Å². The van der Waals surface area contributed by atoms with Gasteiger partial charge < -0.3 is 20.1 Å². The topological polar surface area (TPSA) is 76.7 Å². The molecule has 28 heavy (non-hydrogen) atoms. The molecule has 6 nitrogen and oxygen atoms in total. The second kappa shape index (κ2) is 9.38. The summed E-state index contributed by atoms with van der Waals surface area (Å²) < 4.78 is 11.4. The highest BCUT2D eigenvalue weighted by Gasteiger charge is 2.22. The van der Waals surface area contributed by atoms with Crippen molar-refractivity contribution in [3.63, 3.8) is 0 Å². The first-order valence-corrected chi connectivity index (χ1v) is 9.77. The van der Waals surface area contributed by atoms with Crippen LogP contribution in [0.25, 0.3) is 6.08 Å². The van der Waals surface area contributed by atoms with Gasteiger partial charge in [0.25, 0.3) is 11.8 Å². The molecule has 0 atom stereocenters. The lowest BCUT2D eigenvalue weighted by atomic mass is 10.2. The minimum absolute atomic E-state index is 0.162. The predicted molar refractivity (Wildman–Crippen MR) is 114 cm³/mol. The first-order chi connectivity index (χ1) is 13.5. The molecule has 2 amide bonds. The number of rotatable bonds is 7. The van der Waals surface area contributed by atoms with Crippen molar-refractivity contribution in [1.29, 1.82) is 0 Å². The summed E-state index contributed by atoms with van der Waals surface area (Å²) in [6, 6.07) is 14.3. The number of hydrogen-bond donors (Lipinski definition) is 2. The van der Waals surface area contributed by atoms with Gasteiger partial charge in [0.15, 0.2) is 6.61 Å². The van der Waals surface area contributed by atoms with Crippen LogP contribution in [0.4, 0.5) is 5.69 Å². The summed E-state index contributed by atoms with van der Waals surface area (Å²) in [6.45, 7) is 2.33. The van der Waals surface area contributed by atoms with Gasteiger partial charge in [0.2, 0.25) is 0 Å². The van der Waals surface area contributed by atoms with E-state index in [2.05, 4.69) is 10.6 Å². The number of anilines is 1. The van der Waals surface area contributed by atoms with E-state index in [4.69, 9.17) is 21.7 Å². The monoisotopic (exact) mass is 414 g/mol. The van der Waals surface area contributed by atoms with Crippen LogP contribution in [0.2, 0.25) is 0 Å². The summed E-state index contributed by atoms with van der Waals surface area (Å²) in [5.41, 5.74) is 1.35. The molecule has 1 fully saturated rings. The molecule has 8 heteroatoms. The molecule has 1 aliphatic rings. The summed E-state index contributed by atoms with van der Waals surface area (Å²) in [7, 11) is 0. The lowest BCUT2D eigenvalue weighted by molar-refractivity contribution is -0.118. The van der Waals surface area contributed by atoms with E-state index >= 15 is 0 Å². The standard InChI is InChI=1S/C20H18N2O4S2/c1-2-25-15-9-7-14(8-10-15)21-18(23)12-26-16-6-4-3-5-13(16)11-17-19(24)22-20(27)28-17/h3-11H,2,12H2,1H3,(H,21,23)(H,22,24,27)/b17-11-. The fourth-order valence-corrected chi connectivity index (χ4v) is 3.47. The zero-order valence-corrected chi connectivity index (χ0v) is 16.7. The summed E-state index contributed by atoms with van der Waals surface area (Å²) in [5, 5.41) is 5.34. The minimum Gasteiger partial charge on any atom is -0.494 e. The second-order valence-electron chi connectivity index (χ2n) is 5.68. The Labute approximate surface area is 172 Å². The number of para-hydroxylation sites is 1. The largest absolute Gasteiger partial charge is 0.494 e. The molecule has 2 aromatic carbocycles. The van der Waals surface area contributed by atoms with Crippen LogP contribution in [0.3, 0.4) is 0 Å². The highest BCUT2D eigenvalue weighted by molar-refractivity contribution is 8.26. The zero-order valence-electron chi connectivity index (χ0n) is 15.1. The van der Waals surface area contributed by atoms with Crippen molar-refractivity contribution in [3.8, 4) is 11.5 Å². The number of thiocarbonyl (C=S) groups is 1. The lowest BCUT2D eigenvalue weighted by Gasteiger charge is -2.10. The molecule has 0 saturated carbocycles. The van der Waals surface area contributed by atoms with Gasteiger partial charge in [-0.15, -0.1) is 0 Å². The average Bonchev–Trinajstić information content (AvgIpc) is 3.00. The van der Waals surface area contributed by atoms with Gasteiger partial charge >= 0.3 is 0 Å². The Morgan fingerprint density at radius 2 is 1.93 bits per heavy atom. The van der Waals surface area contributed by atoms with Gasteiger partial charge in [0.05, 0.1) is 11.5 Å². The third-order valence-corrected chi connectivity index (χ3v) is 4.82. The van der Waals surface area contributed by atoms with Gasteiger partial charge in [-0.2, -0.15) is 0 Å². The molecule has 0 spiro atoms. The van der Waals surface area contributed by atoms with Gasteiger partial charge in [0, 0.05) is 11.3 Å². The molecule has 0 bridgehead atoms. The fraction of sp³-hybridized carbons (Fsp3) is 0.150. The summed E-state index contributed by atoms with van der Waals surface area (Å²) in [5.74, 6) is 0.717. The van der Waals surface area contributed by atoms with E-state index in [1.807, 2.05) is 19.1 Å². The number of hydrogen-bond acceptors (Lipinski definition) is 6. The molecule has 144 valence electrons. The Hall–Kier alpha value is -2.84. The Kier molecular flexibility index (Phi) is 6.67. The van der Waals surface area contributed by atoms with E-state index in [1.165, 1.54) is 11.8 Å². The Morgan fingerprint density at radius 1 is 1.18 bits per heavy atom. The molecule has 0 unspecified atom stereocenters. The van der Waals surface area contributed by atoms with Gasteiger partial charge in [-0.3, -0.25) is 9.59 Å². The van der Waals surface area contributed by atoms with Crippen molar-refractivity contribution in [3.05, 3.63) is 59.0 Å². The lowest BCUT2D eigenvalue weighted by Crippen LogP contribution is -2.20. The average molecular weight is 415 g/mol. The maximum Gasteiger partial charge on any atom is 0.263 e. The number of nitrogens with one attached hydrogen (secondary N) is 2. The van der Waals surface area contributed by atoms with E-state index in [0.29, 0.717) is 32.8 Å². The molecule has 0 aliphatic carbocycles. The third kappa shape index (κ3) is 5.34. The van der Waals surface area contributed by atoms with Crippen LogP contribution in [-0.2, 0) is 9.59 Å². The van der Waals surface area contributed by atoms with Gasteiger partial charge in [0.1, 0.15) is 15.8 Å². The van der Waals surface area contributed by atoms with Crippen LogP contribution < -0.4 is 20.1 Å². The smallest absolute Gasteiger partial charge is 0.263 e. The van der Waals surface area contributed by atoms with Gasteiger partial charge in [-0.25, -0.2) is 0 Å². The minimum atomic E-state index is -0.291. The third-order valence-electron chi connectivity index (χ3n) is 3.66. The molecule has 1 aliphatic heterocycles. The van der Waals surface area contributed by atoms with Crippen LogP contribution in [0.5, 0.6) is 11.5 Å². The first-order valence-electron chi connectivity index (χ1n) is 8.54. The normalized spacial score (nSPS) is 14.7. The van der Waals surface area contributed by atoms with Crippen molar-refractivity contribution < 1.29 is 19.1 Å². The van der Waals surface area contributed by atoms with Crippen molar-refractivity contribution in [2.75, 3.05) is 18.5 Å². The first kappa shape index (κ1) is 19.9. The summed E-state index contributed by atoms with van der Waals surface area (Å²) in [6.07, 6.45) is 1.69. The maximum absolute atomic E-state index is 12.2. The SMILES string of the molecule is CCOc1ccc(NC(=O)COc2ccccc2/C=C2\SC(=S)NC2=O)cc1. The zero-order chi connectivity index (χ0) is 19.9. The van der Waals surface area contributed by atoms with Gasteiger partial charge in [-0.05, 0) is 43.3 Å². The number of amides is 2. The number of carbonyl (C=O) groups is 2. The fourth-order valence-electron chi connectivity index (χ4n) is 2.44. The van der Waals surface area contributed by atoms with Crippen LogP contribution in [0.15, 0.2) is 53.4 Å². The molecule has 1 heterocycles. The van der Waals surface area contributed by atoms with E-state index in [0.717, 1.165) is 5.75 Å². The van der Waals surface area contributed by atoms with Crippen molar-refractivity contribution in [1.82, 2.24) is 5.32 Å². The van der Waals surface area contributed by atoms with Crippen LogP contribution >= 0.6 is 24.0 Å². The number of ether oxygens (including phenoxy) is 2. The van der Waals surface area contributed by atoms with Crippen molar-refractivity contribution in [2.24, 2.45) is 0 Å². The van der Waals surface area contributed by atoms with Crippen molar-refractivity contribution >= 4 is 51.9 Å². The maximum atomic E-state index is 12.2. The molecule has 2 aromatic rings. The van der Waals surface area contributed by atoms with Gasteiger partial charge in [-0.1, -0.05) is 42.2 Å². The Morgan fingerprint density at radius 3 is 2.61 bits per heavy atom. The number of carbonyl (C=O) groups excluding carboxylic acids is 2. The van der Waals surface area contributed by atoms with Crippen LogP contribution in [0.1, 0.15) is 12.5 Å². The second-order valence-corrected chi connectivity index (χ2v) is 7.40. The molecule has 3 rings (SSSR count). The van der Waals surface area contributed by atoms with E-state index in [-0.39, 0.29) is 18.4 Å². The highest BCUT2D eigenvalue weighted by Crippen LogP contribution is 2.29. The number of benzene rings is 2. The summed E-state index contributed by atoms with van der Waals surface area (Å²) >= 11 is 6.19. The molecular formula is C20H18N2O4S2.